The van der Waals surface area contributed by atoms with Gasteiger partial charge in [0.2, 0.25) is 0 Å². The van der Waals surface area contributed by atoms with Crippen LogP contribution in [0.2, 0.25) is 0 Å². The third-order valence-electron chi connectivity index (χ3n) is 5.23. The summed E-state index contributed by atoms with van der Waals surface area (Å²) in [5, 5.41) is 19.7. The van der Waals surface area contributed by atoms with Crippen molar-refractivity contribution in [1.29, 1.82) is 0 Å². The molecular weight excluding hydrogens is 428 g/mol. The van der Waals surface area contributed by atoms with Crippen LogP contribution in [-0.2, 0) is 4.74 Å². The maximum Gasteiger partial charge on any atom is 0.346 e. The first-order valence-electron chi connectivity index (χ1n) is 9.56. The molecule has 0 amide bonds. The number of carbonyl (C=O) groups excluding carboxylic acids is 2. The van der Waals surface area contributed by atoms with E-state index in [0.717, 1.165) is 0 Å². The van der Waals surface area contributed by atoms with E-state index in [1.807, 2.05) is 0 Å². The quantitative estimate of drug-likeness (QED) is 0.209. The Morgan fingerprint density at radius 2 is 0.970 bits per heavy atom. The second-order valence-electron chi connectivity index (χ2n) is 7.15. The highest BCUT2D eigenvalue weighted by molar-refractivity contribution is 6.20. The zero-order valence-electron chi connectivity index (χ0n) is 16.9. The number of benzene rings is 4. The van der Waals surface area contributed by atoms with Crippen LogP contribution in [0.1, 0.15) is 41.4 Å². The van der Waals surface area contributed by atoms with Crippen LogP contribution >= 0.6 is 0 Å². The second kappa shape index (κ2) is 7.97. The van der Waals surface area contributed by atoms with E-state index in [1.165, 1.54) is 48.5 Å². The first kappa shape index (κ1) is 21.3. The molecule has 0 aliphatic carbocycles. The molecule has 0 aliphatic rings. The molecule has 9 nitrogen and oxygen atoms in total. The third-order valence-corrected chi connectivity index (χ3v) is 5.23. The monoisotopic (exact) mass is 444 g/mol. The van der Waals surface area contributed by atoms with Gasteiger partial charge >= 0.3 is 23.9 Å². The van der Waals surface area contributed by atoms with Gasteiger partial charge in [-0.25, -0.2) is 19.2 Å². The minimum Gasteiger partial charge on any atom is -0.478 e. The fourth-order valence-electron chi connectivity index (χ4n) is 3.75. The van der Waals surface area contributed by atoms with E-state index in [1.54, 1.807) is 12.1 Å². The van der Waals surface area contributed by atoms with Crippen molar-refractivity contribution >= 4 is 56.8 Å². The van der Waals surface area contributed by atoms with E-state index in [4.69, 9.17) is 16.2 Å². The van der Waals surface area contributed by atoms with Gasteiger partial charge in [0.1, 0.15) is 0 Å². The summed E-state index contributed by atoms with van der Waals surface area (Å²) in [6.45, 7) is 0. The molecule has 4 aromatic rings. The third kappa shape index (κ3) is 3.57. The topological polar surface area (TPSA) is 170 Å². The molecule has 0 saturated heterocycles. The van der Waals surface area contributed by atoms with Gasteiger partial charge < -0.3 is 26.4 Å². The van der Waals surface area contributed by atoms with E-state index in [9.17, 15) is 29.4 Å². The van der Waals surface area contributed by atoms with Crippen molar-refractivity contribution in [1.82, 2.24) is 0 Å². The van der Waals surface area contributed by atoms with Gasteiger partial charge in [-0.3, -0.25) is 0 Å². The molecule has 0 aromatic heterocycles. The van der Waals surface area contributed by atoms with E-state index < -0.39 is 23.9 Å². The highest BCUT2D eigenvalue weighted by atomic mass is 16.6. The Bertz CT molecular complexity index is 1400. The van der Waals surface area contributed by atoms with Crippen LogP contribution in [0.25, 0.3) is 21.5 Å². The predicted octanol–water partition coefficient (Wildman–Crippen LogP) is 3.55. The van der Waals surface area contributed by atoms with Crippen LogP contribution in [0.4, 0.5) is 11.4 Å². The number of carbonyl (C=O) groups is 4. The average molecular weight is 444 g/mol. The number of ether oxygens (including phenoxy) is 1. The molecule has 6 N–H and O–H groups in total. The Labute approximate surface area is 185 Å². The second-order valence-corrected chi connectivity index (χ2v) is 7.15. The van der Waals surface area contributed by atoms with Crippen molar-refractivity contribution in [2.24, 2.45) is 0 Å². The molecule has 4 aromatic carbocycles. The highest BCUT2D eigenvalue weighted by Crippen LogP contribution is 2.31. The van der Waals surface area contributed by atoms with Gasteiger partial charge in [0.25, 0.3) is 0 Å². The van der Waals surface area contributed by atoms with Gasteiger partial charge in [-0.1, -0.05) is 24.3 Å². The molecule has 0 fully saturated rings. The molecule has 33 heavy (non-hydrogen) atoms. The summed E-state index contributed by atoms with van der Waals surface area (Å²) in [6.07, 6.45) is 0. The normalized spacial score (nSPS) is 10.8. The number of anilines is 2. The van der Waals surface area contributed by atoms with Crippen molar-refractivity contribution in [3.05, 3.63) is 82.9 Å². The summed E-state index contributed by atoms with van der Waals surface area (Å²) in [5.41, 5.74) is 11.6. The minimum absolute atomic E-state index is 0.0242. The Kier molecular flexibility index (Phi) is 5.15. The smallest absolute Gasteiger partial charge is 0.346 e. The Hall–Kier alpha value is -4.92. The molecule has 9 heteroatoms. The number of rotatable bonds is 4. The van der Waals surface area contributed by atoms with Crippen molar-refractivity contribution in [3.8, 4) is 0 Å². The van der Waals surface area contributed by atoms with Crippen molar-refractivity contribution in [2.75, 3.05) is 11.5 Å². The summed E-state index contributed by atoms with van der Waals surface area (Å²) in [6, 6.07) is 14.0. The molecule has 0 atom stereocenters. The average Bonchev–Trinajstić information content (AvgIpc) is 2.78. The lowest BCUT2D eigenvalue weighted by Gasteiger charge is -2.12. The number of esters is 2. The molecule has 0 radical (unpaired) electrons. The lowest BCUT2D eigenvalue weighted by molar-refractivity contribution is 0.0400. The summed E-state index contributed by atoms with van der Waals surface area (Å²) < 4.78 is 5.04. The van der Waals surface area contributed by atoms with Crippen LogP contribution < -0.4 is 11.5 Å². The SMILES string of the molecule is Nc1ccc(C(=O)OC(=O)c2ccc(N)c3cccc(C(=O)O)c23)c2c(C(=O)O)cccc12. The van der Waals surface area contributed by atoms with Crippen molar-refractivity contribution < 1.29 is 34.1 Å². The number of fused-ring (bicyclic) bond motifs is 2. The van der Waals surface area contributed by atoms with Crippen LogP contribution in [0.15, 0.2) is 60.7 Å². The minimum atomic E-state index is -1.29. The van der Waals surface area contributed by atoms with E-state index in [0.29, 0.717) is 10.8 Å². The number of nitrogen functional groups attached to an aromatic ring is 2. The van der Waals surface area contributed by atoms with Gasteiger partial charge in [0.15, 0.2) is 0 Å². The first-order chi connectivity index (χ1) is 15.7. The van der Waals surface area contributed by atoms with E-state index in [-0.39, 0.29) is 44.4 Å². The van der Waals surface area contributed by atoms with Gasteiger partial charge in [0.05, 0.1) is 22.3 Å². The lowest BCUT2D eigenvalue weighted by Crippen LogP contribution is -2.16. The molecule has 0 unspecified atom stereocenters. The van der Waals surface area contributed by atoms with Gasteiger partial charge in [-0.05, 0) is 36.4 Å². The zero-order chi connectivity index (χ0) is 23.9. The van der Waals surface area contributed by atoms with Crippen molar-refractivity contribution in [2.45, 2.75) is 0 Å². The number of hydrogen-bond donors (Lipinski definition) is 4. The fourth-order valence-corrected chi connectivity index (χ4v) is 3.75. The Morgan fingerprint density at radius 3 is 1.33 bits per heavy atom. The standard InChI is InChI=1S/C24H16N2O7/c25-17-9-7-15(19-11(17)3-1-5-13(19)21(27)28)23(31)33-24(32)16-8-10-18(26)12-4-2-6-14(20(12)16)22(29)30/h1-10H,25-26H2,(H,27,28)(H,29,30). The zero-order valence-corrected chi connectivity index (χ0v) is 16.9. The predicted molar refractivity (Wildman–Crippen MR) is 120 cm³/mol. The van der Waals surface area contributed by atoms with Gasteiger partial charge in [0, 0.05) is 32.9 Å². The number of hydrogen-bond acceptors (Lipinski definition) is 7. The molecule has 0 bridgehead atoms. The highest BCUT2D eigenvalue weighted by Gasteiger charge is 2.24. The molecule has 0 heterocycles. The first-order valence-corrected chi connectivity index (χ1v) is 9.56. The van der Waals surface area contributed by atoms with Gasteiger partial charge in [-0.2, -0.15) is 0 Å². The van der Waals surface area contributed by atoms with E-state index >= 15 is 0 Å². The maximum atomic E-state index is 12.9. The number of carboxylic acids is 2. The Morgan fingerprint density at radius 1 is 0.576 bits per heavy atom. The number of aromatic carboxylic acids is 2. The largest absolute Gasteiger partial charge is 0.478 e. The fraction of sp³-hybridized carbons (Fsp3) is 0. The Balaban J connectivity index is 1.83. The number of nitrogens with two attached hydrogens (primary N) is 2. The maximum absolute atomic E-state index is 12.9. The van der Waals surface area contributed by atoms with Crippen LogP contribution in [0.5, 0.6) is 0 Å². The molecule has 4 rings (SSSR count). The van der Waals surface area contributed by atoms with Crippen LogP contribution in [-0.4, -0.2) is 34.1 Å². The molecule has 0 saturated carbocycles. The van der Waals surface area contributed by atoms with Crippen LogP contribution in [0.3, 0.4) is 0 Å². The van der Waals surface area contributed by atoms with Crippen molar-refractivity contribution in [3.63, 3.8) is 0 Å². The molecule has 0 aliphatic heterocycles. The lowest BCUT2D eigenvalue weighted by atomic mass is 9.97. The van der Waals surface area contributed by atoms with E-state index in [2.05, 4.69) is 0 Å². The summed E-state index contributed by atoms with van der Waals surface area (Å²) in [5.74, 6) is -4.81. The molecule has 0 spiro atoms. The summed E-state index contributed by atoms with van der Waals surface area (Å²) in [4.78, 5) is 49.3. The van der Waals surface area contributed by atoms with Crippen LogP contribution in [0, 0.1) is 0 Å². The number of carboxylic acid groups (broad SMARTS) is 2. The van der Waals surface area contributed by atoms with Gasteiger partial charge in [-0.15, -0.1) is 0 Å². The summed E-state index contributed by atoms with van der Waals surface area (Å²) in [7, 11) is 0. The summed E-state index contributed by atoms with van der Waals surface area (Å²) >= 11 is 0. The molecule has 164 valence electrons. The molecular formula is C24H16N2O7.